The van der Waals surface area contributed by atoms with E-state index in [1.807, 2.05) is 18.2 Å². The monoisotopic (exact) mass is 297 g/mol. The van der Waals surface area contributed by atoms with Gasteiger partial charge in [-0.1, -0.05) is 13.0 Å². The van der Waals surface area contributed by atoms with Crippen LogP contribution in [0.5, 0.6) is 0 Å². The van der Waals surface area contributed by atoms with Gasteiger partial charge in [0, 0.05) is 17.0 Å². The first-order valence-corrected chi connectivity index (χ1v) is 7.84. The van der Waals surface area contributed by atoms with Gasteiger partial charge >= 0.3 is 18.9 Å². The summed E-state index contributed by atoms with van der Waals surface area (Å²) in [6.07, 6.45) is 9.12. The maximum Gasteiger partial charge on any atom is 1.00 e. The molecule has 0 aromatic heterocycles. The largest absolute Gasteiger partial charge is 1.00 e. The molecule has 3 nitrogen and oxygen atoms in total. The Balaban J connectivity index is 0.00000242. The zero-order valence-electron chi connectivity index (χ0n) is 15.2. The molecular formula is C18H28LiNO2. The van der Waals surface area contributed by atoms with Crippen molar-refractivity contribution in [1.82, 2.24) is 4.90 Å². The van der Waals surface area contributed by atoms with Gasteiger partial charge in [-0.05, 0) is 70.6 Å². The van der Waals surface area contributed by atoms with Gasteiger partial charge in [0.1, 0.15) is 5.76 Å². The molecule has 1 heterocycles. The number of hydrogen-bond acceptors (Lipinski definition) is 3. The van der Waals surface area contributed by atoms with Crippen molar-refractivity contribution in [2.45, 2.75) is 65.0 Å². The second kappa shape index (κ2) is 6.77. The molecule has 1 saturated heterocycles. The van der Waals surface area contributed by atoms with Crippen LogP contribution in [0, 0.1) is 5.92 Å². The second-order valence-corrected chi connectivity index (χ2v) is 7.47. The van der Waals surface area contributed by atoms with Crippen molar-refractivity contribution in [3.8, 4) is 0 Å². The molecule has 0 aromatic rings. The van der Waals surface area contributed by atoms with E-state index < -0.39 is 0 Å². The van der Waals surface area contributed by atoms with E-state index in [1.165, 1.54) is 6.42 Å². The fraction of sp³-hybridized carbons (Fsp3) is 0.667. The van der Waals surface area contributed by atoms with Crippen molar-refractivity contribution in [2.75, 3.05) is 7.11 Å². The maximum atomic E-state index is 13.2. The van der Waals surface area contributed by atoms with Gasteiger partial charge in [0.25, 0.3) is 0 Å². The molecule has 0 N–H and O–H groups in total. The number of hydrogen-bond donors (Lipinski definition) is 0. The third-order valence-electron chi connectivity index (χ3n) is 4.81. The van der Waals surface area contributed by atoms with Gasteiger partial charge in [-0.3, -0.25) is 0 Å². The van der Waals surface area contributed by atoms with Gasteiger partial charge in [0.15, 0.2) is 0 Å². The summed E-state index contributed by atoms with van der Waals surface area (Å²) in [6.45, 7) is 10.8. The zero-order chi connectivity index (χ0) is 15.8. The number of nitrogens with zero attached hydrogens (tertiary/aromatic N) is 1. The molecule has 1 aliphatic carbocycles. The Labute approximate surface area is 147 Å². The number of piperidine rings is 1. The second-order valence-electron chi connectivity index (χ2n) is 7.47. The minimum absolute atomic E-state index is 0. The molecule has 118 valence electrons. The van der Waals surface area contributed by atoms with E-state index in [0.717, 1.165) is 24.2 Å². The van der Waals surface area contributed by atoms with Crippen LogP contribution in [0.1, 0.15) is 53.9 Å². The molecule has 0 radical (unpaired) electrons. The summed E-state index contributed by atoms with van der Waals surface area (Å²) in [5.74, 6) is 1.09. The molecule has 22 heavy (non-hydrogen) atoms. The van der Waals surface area contributed by atoms with Crippen LogP contribution >= 0.6 is 0 Å². The molecule has 1 fully saturated rings. The van der Waals surface area contributed by atoms with Crippen LogP contribution in [-0.2, 0) is 4.74 Å². The summed E-state index contributed by atoms with van der Waals surface area (Å²) < 4.78 is 5.25. The predicted octanol–water partition coefficient (Wildman–Crippen LogP) is 0.342. The van der Waals surface area contributed by atoms with Crippen LogP contribution in [0.4, 0.5) is 0 Å². The van der Waals surface area contributed by atoms with Crippen molar-refractivity contribution >= 4 is 0 Å². The molecule has 4 heteroatoms. The molecule has 2 rings (SSSR count). The maximum absolute atomic E-state index is 13.2. The van der Waals surface area contributed by atoms with Gasteiger partial charge in [0.05, 0.1) is 7.11 Å². The topological polar surface area (TPSA) is 35.5 Å². The summed E-state index contributed by atoms with van der Waals surface area (Å²) >= 11 is 0. The Hall–Kier alpha value is -0.783. The van der Waals surface area contributed by atoms with Crippen molar-refractivity contribution in [1.29, 1.82) is 0 Å². The van der Waals surface area contributed by atoms with E-state index in [9.17, 15) is 5.11 Å². The average molecular weight is 297 g/mol. The Morgan fingerprint density at radius 1 is 1.18 bits per heavy atom. The fourth-order valence-corrected chi connectivity index (χ4v) is 3.79. The summed E-state index contributed by atoms with van der Waals surface area (Å²) in [6, 6.07) is 0. The first kappa shape index (κ1) is 19.3. The van der Waals surface area contributed by atoms with Gasteiger partial charge in [-0.15, -0.1) is 0 Å². The molecule has 0 saturated carbocycles. The van der Waals surface area contributed by atoms with Crippen LogP contribution in [0.25, 0.3) is 0 Å². The average Bonchev–Trinajstić information content (AvgIpc) is 2.35. The SMILES string of the molecule is COC1=CC(C)/C(=C(\[O-])N2C(C)(C)CCCC2(C)C)C=C1.[Li+]. The van der Waals surface area contributed by atoms with E-state index in [1.54, 1.807) is 7.11 Å². The normalized spacial score (nSPS) is 28.5. The quantitative estimate of drug-likeness (QED) is 0.545. The fourth-order valence-electron chi connectivity index (χ4n) is 3.79. The van der Waals surface area contributed by atoms with Crippen LogP contribution in [-0.4, -0.2) is 23.1 Å². The molecule has 0 aromatic carbocycles. The molecule has 1 aliphatic heterocycles. The van der Waals surface area contributed by atoms with Crippen molar-refractivity contribution in [3.05, 3.63) is 35.4 Å². The van der Waals surface area contributed by atoms with Gasteiger partial charge in [0.2, 0.25) is 0 Å². The van der Waals surface area contributed by atoms with Crippen LogP contribution < -0.4 is 24.0 Å². The van der Waals surface area contributed by atoms with Gasteiger partial charge < -0.3 is 14.7 Å². The first-order chi connectivity index (χ1) is 9.69. The summed E-state index contributed by atoms with van der Waals surface area (Å²) in [4.78, 5) is 2.10. The molecule has 2 aliphatic rings. The van der Waals surface area contributed by atoms with E-state index in [4.69, 9.17) is 4.74 Å². The smallest absolute Gasteiger partial charge is 0.860 e. The third-order valence-corrected chi connectivity index (χ3v) is 4.81. The van der Waals surface area contributed by atoms with Crippen molar-refractivity contribution in [3.63, 3.8) is 0 Å². The first-order valence-electron chi connectivity index (χ1n) is 7.84. The van der Waals surface area contributed by atoms with E-state index in [2.05, 4.69) is 39.5 Å². The number of methoxy groups -OCH3 is 1. The van der Waals surface area contributed by atoms with E-state index in [0.29, 0.717) is 0 Å². The molecular weight excluding hydrogens is 269 g/mol. The molecule has 0 amide bonds. The van der Waals surface area contributed by atoms with Crippen molar-refractivity contribution < 1.29 is 28.7 Å². The summed E-state index contributed by atoms with van der Waals surface area (Å²) in [7, 11) is 1.66. The predicted molar refractivity (Wildman–Crippen MR) is 84.3 cm³/mol. The van der Waals surface area contributed by atoms with Crippen molar-refractivity contribution in [2.24, 2.45) is 5.92 Å². The van der Waals surface area contributed by atoms with Crippen LogP contribution in [0.2, 0.25) is 0 Å². The zero-order valence-corrected chi connectivity index (χ0v) is 15.2. The van der Waals surface area contributed by atoms with Gasteiger partial charge in [-0.25, -0.2) is 0 Å². The Morgan fingerprint density at radius 3 is 2.18 bits per heavy atom. The van der Waals surface area contributed by atoms with E-state index in [-0.39, 0.29) is 41.7 Å². The Bertz CT molecular complexity index is 487. The minimum atomic E-state index is -0.0926. The molecule has 0 bridgehead atoms. The standard InChI is InChI=1S/C18H29NO2.Li/c1-13-12-14(21-6)8-9-15(13)16(20)19-17(2,3)10-7-11-18(19,4)5;/h8-9,12-13,20H,7,10-11H2,1-6H3;/q;+1/p-1/b16-15-;. The van der Waals surface area contributed by atoms with Crippen LogP contribution in [0.3, 0.4) is 0 Å². The number of ether oxygens (including phenoxy) is 1. The number of likely N-dealkylation sites (tertiary alicyclic amines) is 1. The third kappa shape index (κ3) is 3.58. The molecule has 0 spiro atoms. The molecule has 1 atom stereocenters. The summed E-state index contributed by atoms with van der Waals surface area (Å²) in [5.41, 5.74) is 0.675. The minimum Gasteiger partial charge on any atom is -0.860 e. The molecule has 1 unspecified atom stereocenters. The number of allylic oxidation sites excluding steroid dienone is 4. The Kier molecular flexibility index (Phi) is 5.93. The number of rotatable bonds is 2. The van der Waals surface area contributed by atoms with E-state index >= 15 is 0 Å². The van der Waals surface area contributed by atoms with Gasteiger partial charge in [-0.2, -0.15) is 0 Å². The van der Waals surface area contributed by atoms with Crippen LogP contribution in [0.15, 0.2) is 35.4 Å². The Morgan fingerprint density at radius 2 is 1.73 bits per heavy atom. The summed E-state index contributed by atoms with van der Waals surface area (Å²) in [5, 5.41) is 13.2.